The third-order valence-corrected chi connectivity index (χ3v) is 7.20. The molecule has 2 atom stereocenters. The third-order valence-electron chi connectivity index (χ3n) is 1.32. The Morgan fingerprint density at radius 2 is 1.13 bits per heavy atom. The van der Waals surface area contributed by atoms with Gasteiger partial charge in [0.2, 0.25) is 0 Å². The van der Waals surface area contributed by atoms with Gasteiger partial charge in [0, 0.05) is 0 Å². The number of phosphoric acid groups is 4. The summed E-state index contributed by atoms with van der Waals surface area (Å²) in [5.41, 5.74) is 0. The molecule has 13 nitrogen and oxygen atoms in total. The van der Waals surface area contributed by atoms with Crippen LogP contribution in [0.15, 0.2) is 25.3 Å². The Kier molecular flexibility index (Phi) is 8.95. The molecule has 0 spiro atoms. The van der Waals surface area contributed by atoms with Gasteiger partial charge in [-0.3, -0.25) is 9.05 Å². The van der Waals surface area contributed by atoms with Gasteiger partial charge in [0.05, 0.1) is 13.2 Å². The highest BCUT2D eigenvalue weighted by atomic mass is 31.3. The molecule has 0 saturated heterocycles. The second kappa shape index (κ2) is 8.94. The van der Waals surface area contributed by atoms with Crippen LogP contribution in [-0.2, 0) is 40.2 Å². The molecule has 0 aromatic rings. The summed E-state index contributed by atoms with van der Waals surface area (Å²) in [5.74, 6) is 0. The van der Waals surface area contributed by atoms with Crippen molar-refractivity contribution in [2.75, 3.05) is 13.2 Å². The van der Waals surface area contributed by atoms with Crippen LogP contribution in [0.25, 0.3) is 0 Å². The topological polar surface area (TPSA) is 195 Å². The van der Waals surface area contributed by atoms with E-state index in [0.29, 0.717) is 0 Å². The average molecular weight is 418 g/mol. The summed E-state index contributed by atoms with van der Waals surface area (Å²) in [7, 11) is -21.7. The van der Waals surface area contributed by atoms with Crippen molar-refractivity contribution in [3.05, 3.63) is 25.3 Å². The van der Waals surface area contributed by atoms with Crippen LogP contribution in [0.3, 0.4) is 0 Å². The predicted molar refractivity (Wildman–Crippen MR) is 74.9 cm³/mol. The number of phosphoric ester groups is 1. The third kappa shape index (κ3) is 11.3. The van der Waals surface area contributed by atoms with Gasteiger partial charge in [0.25, 0.3) is 0 Å². The van der Waals surface area contributed by atoms with Crippen molar-refractivity contribution in [2.24, 2.45) is 0 Å². The summed E-state index contributed by atoms with van der Waals surface area (Å²) in [6.07, 6.45) is 2.15. The molecule has 0 saturated carbocycles. The molecule has 0 aliphatic heterocycles. The Bertz CT molecular complexity index is 590. The van der Waals surface area contributed by atoms with Crippen LogP contribution >= 0.6 is 31.3 Å². The maximum absolute atomic E-state index is 12.0. The van der Waals surface area contributed by atoms with Gasteiger partial charge in [-0.05, 0) is 0 Å². The predicted octanol–water partition coefficient (Wildman–Crippen LogP) is 1.84. The molecule has 0 aliphatic rings. The quantitative estimate of drug-likeness (QED) is 0.265. The van der Waals surface area contributed by atoms with Crippen LogP contribution < -0.4 is 0 Å². The summed E-state index contributed by atoms with van der Waals surface area (Å²) >= 11 is 0. The fourth-order valence-electron chi connectivity index (χ4n) is 0.793. The van der Waals surface area contributed by atoms with Crippen molar-refractivity contribution < 1.29 is 59.8 Å². The molecule has 17 heteroatoms. The maximum Gasteiger partial charge on any atom is 0.490 e. The molecule has 23 heavy (non-hydrogen) atoms. The molecular weight excluding hydrogens is 404 g/mol. The van der Waals surface area contributed by atoms with Gasteiger partial charge in [-0.25, -0.2) is 18.3 Å². The Morgan fingerprint density at radius 1 is 0.739 bits per heavy atom. The second-order valence-electron chi connectivity index (χ2n) is 3.29. The lowest BCUT2D eigenvalue weighted by atomic mass is 10.7. The van der Waals surface area contributed by atoms with Crippen molar-refractivity contribution in [3.63, 3.8) is 0 Å². The smallest absolute Gasteiger partial charge is 0.302 e. The van der Waals surface area contributed by atoms with E-state index in [1.807, 2.05) is 0 Å². The zero-order chi connectivity index (χ0) is 18.4. The lowest BCUT2D eigenvalue weighted by Gasteiger charge is -2.20. The highest BCUT2D eigenvalue weighted by Gasteiger charge is 2.45. The van der Waals surface area contributed by atoms with Crippen LogP contribution in [0.2, 0.25) is 0 Å². The fourth-order valence-corrected chi connectivity index (χ4v) is 5.73. The molecule has 0 bridgehead atoms. The molecule has 0 fully saturated rings. The van der Waals surface area contributed by atoms with Crippen molar-refractivity contribution in [3.8, 4) is 0 Å². The van der Waals surface area contributed by atoms with Crippen LogP contribution in [0.5, 0.6) is 0 Å². The van der Waals surface area contributed by atoms with Gasteiger partial charge in [0.15, 0.2) is 0 Å². The highest BCUT2D eigenvalue weighted by molar-refractivity contribution is 7.69. The van der Waals surface area contributed by atoms with E-state index in [0.717, 1.165) is 12.2 Å². The van der Waals surface area contributed by atoms with Gasteiger partial charge in [0.1, 0.15) is 0 Å². The van der Waals surface area contributed by atoms with E-state index in [1.54, 1.807) is 0 Å². The van der Waals surface area contributed by atoms with E-state index in [9.17, 15) is 23.2 Å². The first kappa shape index (κ1) is 23.0. The largest absolute Gasteiger partial charge is 0.490 e. The lowest BCUT2D eigenvalue weighted by molar-refractivity contribution is 0.154. The minimum atomic E-state index is -5.75. The molecule has 0 rings (SSSR count). The molecule has 136 valence electrons. The Hall–Kier alpha value is 0.0400. The summed E-state index contributed by atoms with van der Waals surface area (Å²) in [6.45, 7) is 5.48. The minimum Gasteiger partial charge on any atom is -0.302 e. The first-order chi connectivity index (χ1) is 10.2. The summed E-state index contributed by atoms with van der Waals surface area (Å²) < 4.78 is 64.9. The van der Waals surface area contributed by atoms with Gasteiger partial charge in [-0.2, -0.15) is 12.9 Å². The van der Waals surface area contributed by atoms with Crippen molar-refractivity contribution in [2.45, 2.75) is 0 Å². The van der Waals surface area contributed by atoms with Gasteiger partial charge in [-0.15, -0.1) is 13.2 Å². The molecular formula is C6H14O13P4. The Morgan fingerprint density at radius 3 is 1.48 bits per heavy atom. The van der Waals surface area contributed by atoms with Gasteiger partial charge in [-0.1, -0.05) is 12.2 Å². The zero-order valence-electron chi connectivity index (χ0n) is 11.2. The van der Waals surface area contributed by atoms with E-state index in [4.69, 9.17) is 14.7 Å². The van der Waals surface area contributed by atoms with E-state index < -0.39 is 44.5 Å². The van der Waals surface area contributed by atoms with E-state index in [2.05, 4.69) is 35.1 Å². The molecule has 2 unspecified atom stereocenters. The number of hydrogen-bond donors (Lipinski definition) is 4. The van der Waals surface area contributed by atoms with E-state index in [1.165, 1.54) is 0 Å². The minimum absolute atomic E-state index is 0.468. The molecule has 0 aromatic heterocycles. The normalized spacial score (nSPS) is 17.9. The van der Waals surface area contributed by atoms with Crippen molar-refractivity contribution >= 4 is 31.3 Å². The second-order valence-corrected chi connectivity index (χ2v) is 9.51. The lowest BCUT2D eigenvalue weighted by Crippen LogP contribution is -2.02. The zero-order valence-corrected chi connectivity index (χ0v) is 14.8. The molecule has 0 radical (unpaired) electrons. The van der Waals surface area contributed by atoms with Crippen LogP contribution in [-0.4, -0.2) is 32.8 Å². The van der Waals surface area contributed by atoms with Crippen LogP contribution in [0.1, 0.15) is 0 Å². The Labute approximate surface area is 130 Å². The van der Waals surface area contributed by atoms with E-state index in [-0.39, 0.29) is 0 Å². The maximum atomic E-state index is 12.0. The molecule has 0 heterocycles. The van der Waals surface area contributed by atoms with Gasteiger partial charge < -0.3 is 19.6 Å². The molecule has 0 amide bonds. The fraction of sp³-hybridized carbons (Fsp3) is 0.333. The average Bonchev–Trinajstić information content (AvgIpc) is 2.28. The van der Waals surface area contributed by atoms with Crippen LogP contribution in [0.4, 0.5) is 0 Å². The molecule has 0 aliphatic carbocycles. The van der Waals surface area contributed by atoms with Gasteiger partial charge >= 0.3 is 31.3 Å². The summed E-state index contributed by atoms with van der Waals surface area (Å²) in [5, 5.41) is 0. The summed E-state index contributed by atoms with van der Waals surface area (Å²) in [4.78, 5) is 34.9. The van der Waals surface area contributed by atoms with Crippen molar-refractivity contribution in [1.29, 1.82) is 0 Å². The standard InChI is InChI=1S/C6H14O13P4/c1-3-5-15-23(14,16-6-4-2)19-22(12,13)18-21(10,11)17-20(7,8)9/h3-4H,1-2,5-6H2,(H,10,11)(H,12,13)(H2,7,8,9). The number of rotatable bonds is 12. The first-order valence-corrected chi connectivity index (χ1v) is 11.2. The van der Waals surface area contributed by atoms with Crippen molar-refractivity contribution in [1.82, 2.24) is 0 Å². The monoisotopic (exact) mass is 418 g/mol. The Balaban J connectivity index is 5.16. The molecule has 4 N–H and O–H groups in total. The first-order valence-electron chi connectivity index (χ1n) is 5.20. The highest BCUT2D eigenvalue weighted by Crippen LogP contribution is 2.71. The summed E-state index contributed by atoms with van der Waals surface area (Å²) in [6, 6.07) is 0. The van der Waals surface area contributed by atoms with Crippen LogP contribution in [0, 0.1) is 0 Å². The molecule has 0 aromatic carbocycles. The van der Waals surface area contributed by atoms with E-state index >= 15 is 0 Å². The number of hydrogen-bond acceptors (Lipinski definition) is 9. The SMILES string of the molecule is C=CCOP(=O)(OCC=C)OP(=O)(O)OP(=O)(O)OP(=O)(O)O.